The van der Waals surface area contributed by atoms with Gasteiger partial charge in [-0.1, -0.05) is 13.8 Å². The maximum absolute atomic E-state index is 12.0. The van der Waals surface area contributed by atoms with Crippen LogP contribution in [0.1, 0.15) is 57.7 Å². The van der Waals surface area contributed by atoms with Crippen molar-refractivity contribution in [1.29, 1.82) is 0 Å². The van der Waals surface area contributed by atoms with Crippen LogP contribution in [-0.2, 0) is 17.7 Å². The summed E-state index contributed by atoms with van der Waals surface area (Å²) in [5.41, 5.74) is 1.68. The van der Waals surface area contributed by atoms with Crippen LogP contribution in [-0.4, -0.2) is 33.1 Å². The standard InChI is InChI=1S/C14H23N3O2/c1-9(2)12-15-10-6-7-17(8-11(10)16-12)13(18)19-14(3,4)5/h9H,6-8H2,1-5H3,(H,15,16). The zero-order valence-electron chi connectivity index (χ0n) is 12.4. The second-order valence-electron chi connectivity index (χ2n) is 6.35. The molecule has 0 aliphatic carbocycles. The third kappa shape index (κ3) is 3.28. The molecule has 0 spiro atoms. The Morgan fingerprint density at radius 1 is 1.42 bits per heavy atom. The molecule has 0 radical (unpaired) electrons. The van der Waals surface area contributed by atoms with Crippen LogP contribution in [0.5, 0.6) is 0 Å². The van der Waals surface area contributed by atoms with E-state index in [0.29, 0.717) is 19.0 Å². The number of fused-ring (bicyclic) bond motifs is 1. The van der Waals surface area contributed by atoms with E-state index in [1.54, 1.807) is 4.90 Å². The fraction of sp³-hybridized carbons (Fsp3) is 0.714. The van der Waals surface area contributed by atoms with Gasteiger partial charge >= 0.3 is 6.09 Å². The van der Waals surface area contributed by atoms with Gasteiger partial charge in [0.05, 0.1) is 12.2 Å². The lowest BCUT2D eigenvalue weighted by Gasteiger charge is -2.29. The molecule has 0 saturated carbocycles. The first-order valence-corrected chi connectivity index (χ1v) is 6.82. The maximum atomic E-state index is 12.0. The van der Waals surface area contributed by atoms with Crippen molar-refractivity contribution in [2.75, 3.05) is 6.54 Å². The lowest BCUT2D eigenvalue weighted by Crippen LogP contribution is -2.39. The number of rotatable bonds is 1. The molecule has 0 saturated heterocycles. The van der Waals surface area contributed by atoms with Crippen molar-refractivity contribution in [1.82, 2.24) is 14.9 Å². The molecule has 0 unspecified atom stereocenters. The summed E-state index contributed by atoms with van der Waals surface area (Å²) >= 11 is 0. The van der Waals surface area contributed by atoms with E-state index in [1.165, 1.54) is 0 Å². The molecular weight excluding hydrogens is 242 g/mol. The van der Waals surface area contributed by atoms with E-state index < -0.39 is 5.60 Å². The third-order valence-electron chi connectivity index (χ3n) is 3.05. The molecule has 0 fully saturated rings. The van der Waals surface area contributed by atoms with Crippen LogP contribution in [0, 0.1) is 0 Å². The Balaban J connectivity index is 2.07. The number of ether oxygens (including phenoxy) is 1. The first-order chi connectivity index (χ1) is 8.76. The van der Waals surface area contributed by atoms with Crippen LogP contribution < -0.4 is 0 Å². The Morgan fingerprint density at radius 3 is 2.68 bits per heavy atom. The highest BCUT2D eigenvalue weighted by molar-refractivity contribution is 5.68. The lowest BCUT2D eigenvalue weighted by atomic mass is 10.1. The third-order valence-corrected chi connectivity index (χ3v) is 3.05. The number of hydrogen-bond donors (Lipinski definition) is 1. The van der Waals surface area contributed by atoms with Crippen molar-refractivity contribution in [3.05, 3.63) is 17.2 Å². The van der Waals surface area contributed by atoms with Gasteiger partial charge in [0.2, 0.25) is 0 Å². The summed E-state index contributed by atoms with van der Waals surface area (Å²) < 4.78 is 5.40. The van der Waals surface area contributed by atoms with E-state index in [-0.39, 0.29) is 6.09 Å². The van der Waals surface area contributed by atoms with E-state index in [1.807, 2.05) is 20.8 Å². The predicted molar refractivity (Wildman–Crippen MR) is 73.0 cm³/mol. The fourth-order valence-electron chi connectivity index (χ4n) is 2.07. The zero-order valence-corrected chi connectivity index (χ0v) is 12.4. The molecule has 1 amide bonds. The van der Waals surface area contributed by atoms with Crippen LogP contribution in [0.3, 0.4) is 0 Å². The topological polar surface area (TPSA) is 58.2 Å². The highest BCUT2D eigenvalue weighted by Crippen LogP contribution is 2.21. The smallest absolute Gasteiger partial charge is 0.410 e. The van der Waals surface area contributed by atoms with Crippen LogP contribution in [0.15, 0.2) is 0 Å². The zero-order chi connectivity index (χ0) is 14.2. The summed E-state index contributed by atoms with van der Waals surface area (Å²) in [6.07, 6.45) is 0.557. The normalized spacial score (nSPS) is 15.6. The van der Waals surface area contributed by atoms with Gasteiger partial charge in [0.25, 0.3) is 0 Å². The van der Waals surface area contributed by atoms with Gasteiger partial charge in [-0.15, -0.1) is 0 Å². The molecule has 106 valence electrons. The summed E-state index contributed by atoms with van der Waals surface area (Å²) in [7, 11) is 0. The Bertz CT molecular complexity index is 472. The number of carbonyl (C=O) groups is 1. The molecule has 5 heteroatoms. The summed E-state index contributed by atoms with van der Waals surface area (Å²) in [6.45, 7) is 11.1. The fourth-order valence-corrected chi connectivity index (χ4v) is 2.07. The number of imidazole rings is 1. The maximum Gasteiger partial charge on any atom is 0.410 e. The van der Waals surface area contributed by atoms with Crippen molar-refractivity contribution < 1.29 is 9.53 Å². The SMILES string of the molecule is CC(C)c1nc2c([nH]1)CCN(C(=O)OC(C)(C)C)C2. The average Bonchev–Trinajstić information content (AvgIpc) is 2.69. The molecule has 1 N–H and O–H groups in total. The minimum Gasteiger partial charge on any atom is -0.444 e. The van der Waals surface area contributed by atoms with Gasteiger partial charge in [-0.3, -0.25) is 0 Å². The van der Waals surface area contributed by atoms with Gasteiger partial charge in [0.15, 0.2) is 0 Å². The van der Waals surface area contributed by atoms with Crippen molar-refractivity contribution in [3.8, 4) is 0 Å². The number of nitrogens with zero attached hydrogens (tertiary/aromatic N) is 2. The average molecular weight is 265 g/mol. The molecule has 1 aliphatic heterocycles. The molecule has 2 heterocycles. The second kappa shape index (κ2) is 4.87. The highest BCUT2D eigenvalue weighted by atomic mass is 16.6. The Labute approximate surface area is 114 Å². The van der Waals surface area contributed by atoms with Crippen molar-refractivity contribution in [2.45, 2.75) is 59.1 Å². The molecule has 0 aromatic carbocycles. The Kier molecular flexibility index (Phi) is 3.56. The molecule has 5 nitrogen and oxygen atoms in total. The van der Waals surface area contributed by atoms with Gasteiger partial charge in [-0.2, -0.15) is 0 Å². The highest BCUT2D eigenvalue weighted by Gasteiger charge is 2.27. The number of amides is 1. The molecular formula is C14H23N3O2. The second-order valence-corrected chi connectivity index (χ2v) is 6.35. The van der Waals surface area contributed by atoms with Crippen molar-refractivity contribution >= 4 is 6.09 Å². The molecule has 1 aromatic rings. The van der Waals surface area contributed by atoms with Gasteiger partial charge in [-0.05, 0) is 20.8 Å². The number of carbonyl (C=O) groups excluding carboxylic acids is 1. The van der Waals surface area contributed by atoms with Gasteiger partial charge in [-0.25, -0.2) is 9.78 Å². The van der Waals surface area contributed by atoms with E-state index in [9.17, 15) is 4.79 Å². The monoisotopic (exact) mass is 265 g/mol. The summed E-state index contributed by atoms with van der Waals surface area (Å²) in [4.78, 5) is 21.7. The Hall–Kier alpha value is -1.52. The summed E-state index contributed by atoms with van der Waals surface area (Å²) in [5, 5.41) is 0. The van der Waals surface area contributed by atoms with E-state index in [0.717, 1.165) is 23.6 Å². The molecule has 1 aliphatic rings. The molecule has 0 atom stereocenters. The summed E-state index contributed by atoms with van der Waals surface area (Å²) in [5.74, 6) is 1.37. The van der Waals surface area contributed by atoms with Crippen LogP contribution in [0.4, 0.5) is 4.79 Å². The number of H-pyrrole nitrogens is 1. The largest absolute Gasteiger partial charge is 0.444 e. The van der Waals surface area contributed by atoms with E-state index >= 15 is 0 Å². The predicted octanol–water partition coefficient (Wildman–Crippen LogP) is 2.83. The first kappa shape index (κ1) is 13.9. The first-order valence-electron chi connectivity index (χ1n) is 6.82. The Morgan fingerprint density at radius 2 is 2.11 bits per heavy atom. The van der Waals surface area contributed by atoms with Crippen molar-refractivity contribution in [3.63, 3.8) is 0 Å². The minimum absolute atomic E-state index is 0.257. The molecule has 1 aromatic heterocycles. The number of aromatic amines is 1. The van der Waals surface area contributed by atoms with Gasteiger partial charge in [0.1, 0.15) is 11.4 Å². The van der Waals surface area contributed by atoms with Crippen LogP contribution in [0.25, 0.3) is 0 Å². The molecule has 0 bridgehead atoms. The van der Waals surface area contributed by atoms with Crippen molar-refractivity contribution in [2.24, 2.45) is 0 Å². The minimum atomic E-state index is -0.452. The number of hydrogen-bond acceptors (Lipinski definition) is 3. The molecule has 19 heavy (non-hydrogen) atoms. The number of aromatic nitrogens is 2. The van der Waals surface area contributed by atoms with Gasteiger partial charge < -0.3 is 14.6 Å². The van der Waals surface area contributed by atoms with E-state index in [2.05, 4.69) is 23.8 Å². The lowest BCUT2D eigenvalue weighted by molar-refractivity contribution is 0.0221. The quantitative estimate of drug-likeness (QED) is 0.849. The summed E-state index contributed by atoms with van der Waals surface area (Å²) in [6, 6.07) is 0. The van der Waals surface area contributed by atoms with Gasteiger partial charge in [0, 0.05) is 24.6 Å². The van der Waals surface area contributed by atoms with Crippen LogP contribution in [0.2, 0.25) is 0 Å². The van der Waals surface area contributed by atoms with Crippen LogP contribution >= 0.6 is 0 Å². The molecule has 2 rings (SSSR count). The van der Waals surface area contributed by atoms with E-state index in [4.69, 9.17) is 4.74 Å². The number of nitrogens with one attached hydrogen (secondary N) is 1.